The van der Waals surface area contributed by atoms with Gasteiger partial charge in [0.1, 0.15) is 12.4 Å². The van der Waals surface area contributed by atoms with Crippen molar-refractivity contribution in [1.82, 2.24) is 5.32 Å². The summed E-state index contributed by atoms with van der Waals surface area (Å²) in [5.41, 5.74) is 5.29. The predicted octanol–water partition coefficient (Wildman–Crippen LogP) is 7.25. The van der Waals surface area contributed by atoms with Crippen LogP contribution in [0, 0.1) is 0 Å². The molecule has 2 aromatic rings. The second-order valence-corrected chi connectivity index (χ2v) is 11.3. The maximum atomic E-state index is 13.2. The van der Waals surface area contributed by atoms with E-state index in [4.69, 9.17) is 4.74 Å². The Labute approximate surface area is 218 Å². The molecule has 0 atom stereocenters. The van der Waals surface area contributed by atoms with Crippen LogP contribution in [0.1, 0.15) is 55.6 Å². The third kappa shape index (κ3) is 4.52. The largest absolute Gasteiger partial charge is 0.487 e. The number of benzene rings is 2. The van der Waals surface area contributed by atoms with Gasteiger partial charge in [-0.3, -0.25) is 9.59 Å². The summed E-state index contributed by atoms with van der Waals surface area (Å²) in [5.74, 6) is 0.497. The molecule has 4 nitrogen and oxygen atoms in total. The maximum absolute atomic E-state index is 13.2. The van der Waals surface area contributed by atoms with E-state index in [1.165, 1.54) is 0 Å². The first-order valence-corrected chi connectivity index (χ1v) is 13.5. The molecule has 1 heterocycles. The number of Topliss-reactive ketones (excluding diaryl/α,β-unsaturated/α-hetero) is 2. The van der Waals surface area contributed by atoms with Crippen molar-refractivity contribution in [2.24, 2.45) is 0 Å². The van der Waals surface area contributed by atoms with Crippen molar-refractivity contribution in [3.63, 3.8) is 0 Å². The molecule has 2 aliphatic carbocycles. The van der Waals surface area contributed by atoms with Crippen molar-refractivity contribution in [1.29, 1.82) is 0 Å². The Balaban J connectivity index is 1.63. The summed E-state index contributed by atoms with van der Waals surface area (Å²) in [7, 11) is 0. The van der Waals surface area contributed by atoms with Gasteiger partial charge in [0, 0.05) is 55.8 Å². The number of dihydropyridines is 1. The third-order valence-electron chi connectivity index (χ3n) is 6.44. The lowest BCUT2D eigenvalue weighted by Crippen LogP contribution is -2.36. The van der Waals surface area contributed by atoms with E-state index in [1.807, 2.05) is 36.4 Å². The summed E-state index contributed by atoms with van der Waals surface area (Å²) in [6.07, 6.45) is 4.35. The molecule has 0 aromatic heterocycles. The van der Waals surface area contributed by atoms with Crippen LogP contribution >= 0.6 is 47.8 Å². The number of ether oxygens (including phenoxy) is 1. The van der Waals surface area contributed by atoms with Crippen LogP contribution in [-0.2, 0) is 16.2 Å². The van der Waals surface area contributed by atoms with Gasteiger partial charge in [-0.1, -0.05) is 44.0 Å². The molecule has 0 amide bonds. The SMILES string of the molecule is O=C1CCCC2=C1C(c1cc(Br)cc(Br)c1OCc1ccc(Br)cc1)C1=C(CCCC1=O)N2. The second-order valence-electron chi connectivity index (χ2n) is 8.62. The van der Waals surface area contributed by atoms with Crippen molar-refractivity contribution in [2.75, 3.05) is 0 Å². The zero-order chi connectivity index (χ0) is 23.1. The van der Waals surface area contributed by atoms with Gasteiger partial charge in [-0.2, -0.15) is 0 Å². The van der Waals surface area contributed by atoms with Gasteiger partial charge in [0.25, 0.3) is 0 Å². The van der Waals surface area contributed by atoms with Gasteiger partial charge >= 0.3 is 0 Å². The lowest BCUT2D eigenvalue weighted by atomic mass is 9.71. The lowest BCUT2D eigenvalue weighted by molar-refractivity contribution is -0.116. The summed E-state index contributed by atoms with van der Waals surface area (Å²) in [4.78, 5) is 26.4. The molecule has 0 bridgehead atoms. The van der Waals surface area contributed by atoms with Gasteiger partial charge in [0.15, 0.2) is 11.6 Å². The number of allylic oxidation sites excluding steroid dienone is 4. The molecule has 170 valence electrons. The molecule has 0 saturated heterocycles. The van der Waals surface area contributed by atoms with Gasteiger partial charge in [-0.25, -0.2) is 0 Å². The molecule has 2 aromatic carbocycles. The fourth-order valence-electron chi connectivity index (χ4n) is 4.98. The number of carbonyl (C=O) groups excluding carboxylic acids is 2. The van der Waals surface area contributed by atoms with Crippen LogP contribution in [0.4, 0.5) is 0 Å². The number of hydrogen-bond donors (Lipinski definition) is 1. The minimum absolute atomic E-state index is 0.119. The van der Waals surface area contributed by atoms with E-state index in [1.54, 1.807) is 0 Å². The zero-order valence-electron chi connectivity index (χ0n) is 17.8. The molecule has 0 fully saturated rings. The van der Waals surface area contributed by atoms with Gasteiger partial charge < -0.3 is 10.1 Å². The van der Waals surface area contributed by atoms with E-state index in [0.717, 1.165) is 72.8 Å². The topological polar surface area (TPSA) is 55.4 Å². The van der Waals surface area contributed by atoms with Crippen LogP contribution in [0.3, 0.4) is 0 Å². The van der Waals surface area contributed by atoms with E-state index in [9.17, 15) is 9.59 Å². The van der Waals surface area contributed by atoms with Crippen LogP contribution in [0.25, 0.3) is 0 Å². The number of hydrogen-bond acceptors (Lipinski definition) is 4. The van der Waals surface area contributed by atoms with E-state index in [2.05, 4.69) is 53.1 Å². The highest BCUT2D eigenvalue weighted by atomic mass is 79.9. The van der Waals surface area contributed by atoms with Crippen LogP contribution in [0.5, 0.6) is 5.75 Å². The smallest absolute Gasteiger partial charge is 0.161 e. The Hall–Kier alpha value is -1.70. The molecular formula is C26H22Br3NO3. The molecule has 5 rings (SSSR count). The Kier molecular flexibility index (Phi) is 6.65. The van der Waals surface area contributed by atoms with Crippen LogP contribution in [0.15, 0.2) is 72.4 Å². The fraction of sp³-hybridized carbons (Fsp3) is 0.308. The number of ketones is 2. The Morgan fingerprint density at radius 3 is 2.03 bits per heavy atom. The van der Waals surface area contributed by atoms with E-state index in [-0.39, 0.29) is 11.6 Å². The molecule has 1 N–H and O–H groups in total. The van der Waals surface area contributed by atoms with Crippen molar-refractivity contribution in [3.8, 4) is 5.75 Å². The third-order valence-corrected chi connectivity index (χ3v) is 8.01. The summed E-state index contributed by atoms with van der Waals surface area (Å²) in [6.45, 7) is 0.380. The highest BCUT2D eigenvalue weighted by Crippen LogP contribution is 2.49. The quantitative estimate of drug-likeness (QED) is 0.385. The second kappa shape index (κ2) is 9.51. The molecule has 0 spiro atoms. The first-order chi connectivity index (χ1) is 15.9. The highest BCUT2D eigenvalue weighted by Gasteiger charge is 2.41. The van der Waals surface area contributed by atoms with Crippen LogP contribution in [-0.4, -0.2) is 11.6 Å². The van der Waals surface area contributed by atoms with E-state index in [0.29, 0.717) is 25.2 Å². The average Bonchev–Trinajstić information content (AvgIpc) is 2.78. The number of carbonyl (C=O) groups is 2. The maximum Gasteiger partial charge on any atom is 0.161 e. The average molecular weight is 636 g/mol. The van der Waals surface area contributed by atoms with Gasteiger partial charge in [-0.15, -0.1) is 0 Å². The molecule has 0 radical (unpaired) electrons. The van der Waals surface area contributed by atoms with Gasteiger partial charge in [-0.05, 0) is 71.4 Å². The first kappa shape index (κ1) is 23.1. The summed E-state index contributed by atoms with van der Waals surface area (Å²) >= 11 is 10.8. The monoisotopic (exact) mass is 633 g/mol. The standard InChI is InChI=1S/C26H22Br3NO3/c27-15-9-7-14(8-10-15)13-33-26-17(11-16(28)12-18(26)29)23-24-19(3-1-5-21(24)31)30-20-4-2-6-22(32)25(20)23/h7-12,23,30H,1-6,13H2. The predicted molar refractivity (Wildman–Crippen MR) is 138 cm³/mol. The molecular weight excluding hydrogens is 614 g/mol. The van der Waals surface area contributed by atoms with E-state index >= 15 is 0 Å². The Morgan fingerprint density at radius 1 is 0.818 bits per heavy atom. The number of rotatable bonds is 4. The van der Waals surface area contributed by atoms with Crippen molar-refractivity contribution in [2.45, 2.75) is 51.0 Å². The molecule has 1 aliphatic heterocycles. The fourth-order valence-corrected chi connectivity index (χ4v) is 6.61. The van der Waals surface area contributed by atoms with Crippen molar-refractivity contribution in [3.05, 3.63) is 83.5 Å². The summed E-state index contributed by atoms with van der Waals surface area (Å²) in [5, 5.41) is 3.48. The Bertz CT molecular complexity index is 1170. The first-order valence-electron chi connectivity index (χ1n) is 11.1. The van der Waals surface area contributed by atoms with E-state index < -0.39 is 5.92 Å². The Morgan fingerprint density at radius 2 is 1.42 bits per heavy atom. The summed E-state index contributed by atoms with van der Waals surface area (Å²) in [6, 6.07) is 11.9. The number of halogens is 3. The summed E-state index contributed by atoms with van der Waals surface area (Å²) < 4.78 is 9.03. The highest BCUT2D eigenvalue weighted by molar-refractivity contribution is 9.11. The van der Waals surface area contributed by atoms with Crippen molar-refractivity contribution >= 4 is 59.4 Å². The van der Waals surface area contributed by atoms with Crippen molar-refractivity contribution < 1.29 is 14.3 Å². The molecule has 3 aliphatic rings. The van der Waals surface area contributed by atoms with Crippen LogP contribution in [0.2, 0.25) is 0 Å². The zero-order valence-corrected chi connectivity index (χ0v) is 22.6. The lowest BCUT2D eigenvalue weighted by Gasteiger charge is -2.37. The molecule has 0 unspecified atom stereocenters. The minimum Gasteiger partial charge on any atom is -0.487 e. The number of nitrogens with one attached hydrogen (secondary N) is 1. The molecule has 0 saturated carbocycles. The molecule has 7 heteroatoms. The van der Waals surface area contributed by atoms with Gasteiger partial charge in [0.05, 0.1) is 4.47 Å². The van der Waals surface area contributed by atoms with Gasteiger partial charge in [0.2, 0.25) is 0 Å². The minimum atomic E-state index is -0.412. The normalized spacial score (nSPS) is 18.8. The molecule has 33 heavy (non-hydrogen) atoms. The van der Waals surface area contributed by atoms with Crippen LogP contribution < -0.4 is 10.1 Å².